The molecular weight excluding hydrogens is 247 g/mol. The minimum Gasteiger partial charge on any atom is -0.476 e. The van der Waals surface area contributed by atoms with Crippen LogP contribution in [0.1, 0.15) is 54.4 Å². The lowest BCUT2D eigenvalue weighted by Gasteiger charge is -2.41. The second kappa shape index (κ2) is 7.23. The first-order valence-corrected chi connectivity index (χ1v) is 8.78. The van der Waals surface area contributed by atoms with Crippen LogP contribution < -0.4 is 0 Å². The van der Waals surface area contributed by atoms with Crippen molar-refractivity contribution in [1.82, 2.24) is 0 Å². The molecule has 18 heavy (non-hydrogen) atoms. The highest BCUT2D eigenvalue weighted by atomic mass is 27.2. The van der Waals surface area contributed by atoms with Crippen LogP contribution in [0.25, 0.3) is 0 Å². The van der Waals surface area contributed by atoms with Gasteiger partial charge >= 0.3 is 14.8 Å². The second-order valence-corrected chi connectivity index (χ2v) is 7.59. The van der Waals surface area contributed by atoms with Gasteiger partial charge in [0.25, 0.3) is 5.97 Å². The summed E-state index contributed by atoms with van der Waals surface area (Å²) in [5.74, 6) is -0.883. The van der Waals surface area contributed by atoms with Crippen LogP contribution in [0.2, 0.25) is 5.28 Å². The van der Waals surface area contributed by atoms with Gasteiger partial charge in [-0.05, 0) is 46.8 Å². The Kier molecular flexibility index (Phi) is 6.60. The molecule has 0 spiro atoms. The minimum atomic E-state index is -1.68. The molecule has 0 aromatic carbocycles. The van der Waals surface area contributed by atoms with E-state index in [0.717, 1.165) is 18.1 Å². The van der Waals surface area contributed by atoms with Crippen molar-refractivity contribution < 1.29 is 17.1 Å². The molecule has 5 heteroatoms. The van der Waals surface area contributed by atoms with Crippen molar-refractivity contribution in [3.63, 3.8) is 0 Å². The molecule has 4 nitrogen and oxygen atoms in total. The van der Waals surface area contributed by atoms with Gasteiger partial charge in [0, 0.05) is 12.5 Å². The standard InChI is InChI=1S/C10H20O3.C3H7O.Al/c1-6-7-10(11,12-8(2)3)13-9(4)5;1-3(2)4;/h8-9H,1,6-7H2,2-5H3;3H,1-2H3;/q2*-1;+2. The highest BCUT2D eigenvalue weighted by Gasteiger charge is 2.46. The van der Waals surface area contributed by atoms with Crippen molar-refractivity contribution >= 4 is 14.8 Å². The summed E-state index contributed by atoms with van der Waals surface area (Å²) < 4.78 is 23.8. The molecule has 0 unspecified atom stereocenters. The predicted molar refractivity (Wildman–Crippen MR) is 72.3 cm³/mol. The van der Waals surface area contributed by atoms with Gasteiger partial charge in [0.05, 0.1) is 12.2 Å². The maximum Gasteiger partial charge on any atom is 0.678 e. The van der Waals surface area contributed by atoms with Crippen LogP contribution in [0, 0.1) is 0 Å². The summed E-state index contributed by atoms with van der Waals surface area (Å²) >= 11 is -1.68. The van der Waals surface area contributed by atoms with Crippen LogP contribution in [0.15, 0.2) is 0 Å². The van der Waals surface area contributed by atoms with Gasteiger partial charge in [0.2, 0.25) is 0 Å². The van der Waals surface area contributed by atoms with E-state index in [1.165, 1.54) is 0 Å². The van der Waals surface area contributed by atoms with Crippen molar-refractivity contribution in [3.05, 3.63) is 0 Å². The number of ether oxygens (including phenoxy) is 2. The molecular formula is C13H27AlO4. The van der Waals surface area contributed by atoms with Crippen LogP contribution in [0.5, 0.6) is 0 Å². The van der Waals surface area contributed by atoms with Crippen LogP contribution >= 0.6 is 0 Å². The second-order valence-electron chi connectivity index (χ2n) is 5.64. The largest absolute Gasteiger partial charge is 0.678 e. The molecule has 106 valence electrons. The van der Waals surface area contributed by atoms with E-state index in [2.05, 4.69) is 0 Å². The molecule has 0 aliphatic carbocycles. The van der Waals surface area contributed by atoms with Crippen LogP contribution in [0.3, 0.4) is 0 Å². The molecule has 0 bridgehead atoms. The zero-order chi connectivity index (χ0) is 13.8. The summed E-state index contributed by atoms with van der Waals surface area (Å²) in [6.07, 6.45) is 2.19. The van der Waals surface area contributed by atoms with Gasteiger partial charge in [-0.1, -0.05) is 6.42 Å². The lowest BCUT2D eigenvalue weighted by molar-refractivity contribution is -0.379. The average molecular weight is 274 g/mol. The van der Waals surface area contributed by atoms with E-state index >= 15 is 0 Å². The third-order valence-corrected chi connectivity index (χ3v) is 4.84. The summed E-state index contributed by atoms with van der Waals surface area (Å²) in [5, 5.41) is 1.03. The molecule has 0 aromatic heterocycles. The van der Waals surface area contributed by atoms with E-state index < -0.39 is 20.8 Å². The Morgan fingerprint density at radius 2 is 1.50 bits per heavy atom. The Hall–Kier alpha value is 0.372. The van der Waals surface area contributed by atoms with E-state index in [9.17, 15) is 0 Å². The number of rotatable bonds is 6. The maximum atomic E-state index is 6.08. The van der Waals surface area contributed by atoms with Gasteiger partial charge < -0.3 is 17.1 Å². The van der Waals surface area contributed by atoms with E-state index in [4.69, 9.17) is 17.1 Å². The summed E-state index contributed by atoms with van der Waals surface area (Å²) in [4.78, 5) is 0. The highest BCUT2D eigenvalue weighted by Crippen LogP contribution is 2.33. The molecule has 0 N–H and O–H groups in total. The molecule has 0 atom stereocenters. The zero-order valence-corrected chi connectivity index (χ0v) is 13.7. The third kappa shape index (κ3) is 5.56. The fourth-order valence-electron chi connectivity index (χ4n) is 2.12. The van der Waals surface area contributed by atoms with Crippen molar-refractivity contribution in [2.75, 3.05) is 0 Å². The lowest BCUT2D eigenvalue weighted by atomic mass is 10.2. The first-order chi connectivity index (χ1) is 8.33. The monoisotopic (exact) mass is 274 g/mol. The van der Waals surface area contributed by atoms with Crippen LogP contribution in [0.4, 0.5) is 0 Å². The average Bonchev–Trinajstić information content (AvgIpc) is 2.12. The smallest absolute Gasteiger partial charge is 0.476 e. The Labute approximate surface area is 116 Å². The summed E-state index contributed by atoms with van der Waals surface area (Å²) in [7, 11) is 0. The molecule has 1 aliphatic rings. The number of hydrogen-bond donors (Lipinski definition) is 0. The van der Waals surface area contributed by atoms with Gasteiger partial charge in [0.15, 0.2) is 0 Å². The Morgan fingerprint density at radius 3 is 1.94 bits per heavy atom. The quantitative estimate of drug-likeness (QED) is 0.550. The highest BCUT2D eigenvalue weighted by molar-refractivity contribution is 6.44. The molecule has 0 saturated carbocycles. The van der Waals surface area contributed by atoms with E-state index in [0.29, 0.717) is 0 Å². The normalized spacial score (nSPS) is 20.2. The van der Waals surface area contributed by atoms with Gasteiger partial charge in [0.1, 0.15) is 0 Å². The van der Waals surface area contributed by atoms with Gasteiger partial charge in [-0.15, -0.1) is 0 Å². The van der Waals surface area contributed by atoms with Crippen molar-refractivity contribution in [1.29, 1.82) is 0 Å². The van der Waals surface area contributed by atoms with Crippen molar-refractivity contribution in [3.8, 4) is 0 Å². The third-order valence-electron chi connectivity index (χ3n) is 2.49. The number of hydrogen-bond acceptors (Lipinski definition) is 4. The van der Waals surface area contributed by atoms with Gasteiger partial charge in [-0.25, -0.2) is 0 Å². The Balaban J connectivity index is 2.69. The molecule has 0 radical (unpaired) electrons. The summed E-state index contributed by atoms with van der Waals surface area (Å²) in [6.45, 7) is 12.1. The maximum absolute atomic E-state index is 6.08. The summed E-state index contributed by atoms with van der Waals surface area (Å²) in [6, 6.07) is 0. The molecule has 1 rings (SSSR count). The van der Waals surface area contributed by atoms with E-state index in [-0.39, 0.29) is 18.3 Å². The fraction of sp³-hybridized carbons (Fsp3) is 1.00. The van der Waals surface area contributed by atoms with E-state index in [1.54, 1.807) is 0 Å². The first kappa shape index (κ1) is 16.4. The van der Waals surface area contributed by atoms with Gasteiger partial charge in [-0.2, -0.15) is 0 Å². The zero-order valence-electron chi connectivity index (χ0n) is 12.6. The van der Waals surface area contributed by atoms with Crippen molar-refractivity contribution in [2.24, 2.45) is 0 Å². The van der Waals surface area contributed by atoms with E-state index in [1.807, 2.05) is 41.5 Å². The lowest BCUT2D eigenvalue weighted by Crippen LogP contribution is -2.51. The summed E-state index contributed by atoms with van der Waals surface area (Å²) in [5.41, 5.74) is 0. The molecule has 1 fully saturated rings. The minimum absolute atomic E-state index is 0.0792. The predicted octanol–water partition coefficient (Wildman–Crippen LogP) is 3.21. The molecule has 1 saturated heterocycles. The molecule has 1 aliphatic heterocycles. The first-order valence-electron chi connectivity index (χ1n) is 7.02. The molecule has 1 heterocycles. The Morgan fingerprint density at radius 1 is 0.944 bits per heavy atom. The van der Waals surface area contributed by atoms with Crippen LogP contribution in [-0.2, 0) is 17.1 Å². The fourth-order valence-corrected chi connectivity index (χ4v) is 4.21. The van der Waals surface area contributed by atoms with Crippen molar-refractivity contribution in [2.45, 2.75) is 84.0 Å². The topological polar surface area (TPSA) is 36.9 Å². The van der Waals surface area contributed by atoms with Crippen LogP contribution in [-0.4, -0.2) is 39.1 Å². The Bertz CT molecular complexity index is 233. The molecule has 0 aromatic rings. The molecule has 0 amide bonds. The van der Waals surface area contributed by atoms with Gasteiger partial charge in [-0.3, -0.25) is 0 Å². The SMILES string of the molecule is CC(C)[O][Al]1[CH2]CCC(OC(C)C)(OC(C)C)[O]1.